The molecule has 0 spiro atoms. The van der Waals surface area contributed by atoms with E-state index in [1.54, 1.807) is 25.1 Å². The van der Waals surface area contributed by atoms with Crippen LogP contribution in [-0.4, -0.2) is 36.4 Å². The Balaban J connectivity index is 1.90. The predicted molar refractivity (Wildman–Crippen MR) is 118 cm³/mol. The van der Waals surface area contributed by atoms with Gasteiger partial charge in [-0.05, 0) is 38.1 Å². The van der Waals surface area contributed by atoms with Crippen molar-refractivity contribution < 1.29 is 28.9 Å². The highest BCUT2D eigenvalue weighted by atomic mass is 16.6. The molecule has 0 fully saturated rings. The zero-order chi connectivity index (χ0) is 22.5. The second-order valence-corrected chi connectivity index (χ2v) is 6.92. The zero-order valence-corrected chi connectivity index (χ0v) is 17.8. The van der Waals surface area contributed by atoms with Gasteiger partial charge in [0.15, 0.2) is 0 Å². The van der Waals surface area contributed by atoms with Gasteiger partial charge in [-0.1, -0.05) is 48.6 Å². The molecule has 1 N–H and O–H groups in total. The fourth-order valence-electron chi connectivity index (χ4n) is 2.55. The molecule has 2 aromatic rings. The van der Waals surface area contributed by atoms with Crippen LogP contribution in [0.2, 0.25) is 0 Å². The van der Waals surface area contributed by atoms with Gasteiger partial charge in [0.1, 0.15) is 24.2 Å². The Bertz CT molecular complexity index is 887. The molecule has 2 aromatic carbocycles. The number of ether oxygens (including phenoxy) is 3. The Kier molecular flexibility index (Phi) is 9.88. The van der Waals surface area contributed by atoms with Crippen molar-refractivity contribution in [3.63, 3.8) is 0 Å². The molecule has 1 atom stereocenters. The summed E-state index contributed by atoms with van der Waals surface area (Å²) in [5.74, 6) is -0.0612. The van der Waals surface area contributed by atoms with E-state index < -0.39 is 18.0 Å². The number of aliphatic carboxylic acids is 1. The maximum absolute atomic E-state index is 12.5. The minimum Gasteiger partial charge on any atom is -0.493 e. The number of benzene rings is 2. The Morgan fingerprint density at radius 1 is 0.871 bits per heavy atom. The maximum atomic E-state index is 12.5. The molecule has 0 aliphatic heterocycles. The Hall–Kier alpha value is -3.54. The van der Waals surface area contributed by atoms with E-state index in [2.05, 4.69) is 0 Å². The molecule has 0 saturated heterocycles. The van der Waals surface area contributed by atoms with E-state index >= 15 is 0 Å². The molecule has 2 rings (SSSR count). The maximum Gasteiger partial charge on any atom is 0.333 e. The quantitative estimate of drug-likeness (QED) is 0.299. The summed E-state index contributed by atoms with van der Waals surface area (Å²) in [4.78, 5) is 23.5. The van der Waals surface area contributed by atoms with Crippen LogP contribution in [0.4, 0.5) is 0 Å². The summed E-state index contributed by atoms with van der Waals surface area (Å²) in [6, 6.07) is 18.6. The van der Waals surface area contributed by atoms with E-state index in [0.29, 0.717) is 24.4 Å². The highest BCUT2D eigenvalue weighted by molar-refractivity contribution is 5.88. The van der Waals surface area contributed by atoms with Crippen molar-refractivity contribution in [3.8, 4) is 11.5 Å². The predicted octanol–water partition coefficient (Wildman–Crippen LogP) is 4.81. The average molecular weight is 424 g/mol. The number of hydrogen-bond acceptors (Lipinski definition) is 5. The fourth-order valence-corrected chi connectivity index (χ4v) is 2.55. The number of para-hydroxylation sites is 2. The molecule has 0 aliphatic rings. The number of carbonyl (C=O) groups excluding carboxylic acids is 1. The van der Waals surface area contributed by atoms with Gasteiger partial charge in [-0.15, -0.1) is 0 Å². The molecule has 6 heteroatoms. The summed E-state index contributed by atoms with van der Waals surface area (Å²) >= 11 is 0. The molecule has 0 amide bonds. The third-order valence-electron chi connectivity index (χ3n) is 4.38. The van der Waals surface area contributed by atoms with Crippen molar-refractivity contribution >= 4 is 11.9 Å². The first-order valence-electron chi connectivity index (χ1n) is 10.1. The number of hydrogen-bond donors (Lipinski definition) is 1. The Labute approximate surface area is 182 Å². The molecule has 1 unspecified atom stereocenters. The first-order valence-corrected chi connectivity index (χ1v) is 10.1. The lowest BCUT2D eigenvalue weighted by atomic mass is 10.2. The first-order chi connectivity index (χ1) is 15.0. The summed E-state index contributed by atoms with van der Waals surface area (Å²) in [5.41, 5.74) is 0.645. The second-order valence-electron chi connectivity index (χ2n) is 6.92. The molecule has 0 radical (unpaired) electrons. The molecule has 0 heterocycles. The largest absolute Gasteiger partial charge is 0.493 e. The normalized spacial score (nSPS) is 12.7. The fraction of sp³-hybridized carbons (Fsp3) is 0.280. The van der Waals surface area contributed by atoms with E-state index in [9.17, 15) is 9.59 Å². The van der Waals surface area contributed by atoms with Crippen LogP contribution in [-0.2, 0) is 14.3 Å². The summed E-state index contributed by atoms with van der Waals surface area (Å²) in [6.07, 6.45) is 3.46. The molecule has 164 valence electrons. The van der Waals surface area contributed by atoms with E-state index in [1.165, 1.54) is 13.0 Å². The van der Waals surface area contributed by atoms with Gasteiger partial charge in [0.25, 0.3) is 0 Å². The van der Waals surface area contributed by atoms with Crippen molar-refractivity contribution in [2.24, 2.45) is 0 Å². The second kappa shape index (κ2) is 12.9. The van der Waals surface area contributed by atoms with E-state index in [-0.39, 0.29) is 18.6 Å². The van der Waals surface area contributed by atoms with Gasteiger partial charge in [0, 0.05) is 24.0 Å². The molecule has 31 heavy (non-hydrogen) atoms. The van der Waals surface area contributed by atoms with Crippen LogP contribution in [0.1, 0.15) is 26.7 Å². The summed E-state index contributed by atoms with van der Waals surface area (Å²) < 4.78 is 16.9. The van der Waals surface area contributed by atoms with Crippen LogP contribution >= 0.6 is 0 Å². The van der Waals surface area contributed by atoms with Crippen LogP contribution in [0, 0.1) is 0 Å². The molecule has 0 bridgehead atoms. The van der Waals surface area contributed by atoms with Gasteiger partial charge in [-0.3, -0.25) is 0 Å². The van der Waals surface area contributed by atoms with Crippen molar-refractivity contribution in [3.05, 3.63) is 84.0 Å². The van der Waals surface area contributed by atoms with E-state index in [0.717, 1.165) is 5.75 Å². The molecule has 0 aromatic heterocycles. The minimum absolute atomic E-state index is 0.115. The third kappa shape index (κ3) is 9.21. The lowest BCUT2D eigenvalue weighted by molar-refractivity contribution is -0.145. The van der Waals surface area contributed by atoms with Crippen LogP contribution in [0.15, 0.2) is 84.0 Å². The van der Waals surface area contributed by atoms with Gasteiger partial charge in [-0.25, -0.2) is 9.59 Å². The molecular weight excluding hydrogens is 396 g/mol. The van der Waals surface area contributed by atoms with E-state index in [1.807, 2.05) is 48.5 Å². The lowest BCUT2D eigenvalue weighted by Crippen LogP contribution is -2.25. The molecular formula is C25H28O6. The monoisotopic (exact) mass is 424 g/mol. The first kappa shape index (κ1) is 23.7. The van der Waals surface area contributed by atoms with Crippen LogP contribution in [0.5, 0.6) is 11.5 Å². The standard InChI is InChI=1S/C25H28O6/c1-19(24(26)27)15-16-23(18-30-22-13-7-4-8-14-22)31-25(28)20(2)10-9-17-29-21-11-5-3-6-12-21/h3-8,10-15,23H,9,16-18H2,1-2H3,(H,26,27). The van der Waals surface area contributed by atoms with E-state index in [4.69, 9.17) is 19.3 Å². The van der Waals surface area contributed by atoms with Crippen LogP contribution < -0.4 is 9.47 Å². The van der Waals surface area contributed by atoms with Gasteiger partial charge < -0.3 is 19.3 Å². The van der Waals surface area contributed by atoms with Gasteiger partial charge in [0.2, 0.25) is 0 Å². The molecule has 0 aliphatic carbocycles. The summed E-state index contributed by atoms with van der Waals surface area (Å²) in [7, 11) is 0. The smallest absolute Gasteiger partial charge is 0.333 e. The van der Waals surface area contributed by atoms with Crippen molar-refractivity contribution in [2.45, 2.75) is 32.8 Å². The third-order valence-corrected chi connectivity index (χ3v) is 4.38. The molecule has 0 saturated carbocycles. The minimum atomic E-state index is -1.01. The number of rotatable bonds is 12. The highest BCUT2D eigenvalue weighted by Gasteiger charge is 2.16. The number of carbonyl (C=O) groups is 2. The highest BCUT2D eigenvalue weighted by Crippen LogP contribution is 2.14. The Morgan fingerprint density at radius 2 is 1.45 bits per heavy atom. The van der Waals surface area contributed by atoms with Gasteiger partial charge in [0.05, 0.1) is 6.61 Å². The van der Waals surface area contributed by atoms with Crippen LogP contribution in [0.3, 0.4) is 0 Å². The van der Waals surface area contributed by atoms with Gasteiger partial charge >= 0.3 is 11.9 Å². The topological polar surface area (TPSA) is 82.1 Å². The van der Waals surface area contributed by atoms with Crippen molar-refractivity contribution in [2.75, 3.05) is 13.2 Å². The number of carboxylic acid groups (broad SMARTS) is 1. The SMILES string of the molecule is CC(=CCC(COc1ccccc1)OC(=O)C(C)=CCCOc1ccccc1)C(=O)O. The average Bonchev–Trinajstić information content (AvgIpc) is 2.79. The summed E-state index contributed by atoms with van der Waals surface area (Å²) in [6.45, 7) is 3.73. The van der Waals surface area contributed by atoms with Crippen molar-refractivity contribution in [1.29, 1.82) is 0 Å². The van der Waals surface area contributed by atoms with Crippen LogP contribution in [0.25, 0.3) is 0 Å². The Morgan fingerprint density at radius 3 is 2.03 bits per heavy atom. The zero-order valence-electron chi connectivity index (χ0n) is 17.8. The number of carboxylic acids is 1. The summed E-state index contributed by atoms with van der Waals surface area (Å²) in [5, 5.41) is 9.05. The van der Waals surface area contributed by atoms with Gasteiger partial charge in [-0.2, -0.15) is 0 Å². The van der Waals surface area contributed by atoms with Crippen molar-refractivity contribution in [1.82, 2.24) is 0 Å². The number of esters is 1. The molecule has 6 nitrogen and oxygen atoms in total. The lowest BCUT2D eigenvalue weighted by Gasteiger charge is -2.18.